The summed E-state index contributed by atoms with van der Waals surface area (Å²) >= 11 is 0. The highest BCUT2D eigenvalue weighted by atomic mass is 16.6. The third-order valence-corrected chi connectivity index (χ3v) is 4.01. The van der Waals surface area contributed by atoms with Gasteiger partial charge in [0.2, 0.25) is 0 Å². The molecule has 0 unspecified atom stereocenters. The molecular formula is C20H30N5O3+. The number of aryl methyl sites for hydroxylation is 2. The van der Waals surface area contributed by atoms with Crippen LogP contribution in [0.4, 0.5) is 4.79 Å². The van der Waals surface area contributed by atoms with E-state index in [9.17, 15) is 9.59 Å². The topological polar surface area (TPSA) is 93.9 Å². The van der Waals surface area contributed by atoms with E-state index in [-0.39, 0.29) is 6.54 Å². The van der Waals surface area contributed by atoms with Gasteiger partial charge in [0.05, 0.1) is 23.5 Å². The van der Waals surface area contributed by atoms with Crippen molar-refractivity contribution in [2.45, 2.75) is 46.3 Å². The third kappa shape index (κ3) is 6.45. The molecule has 0 fully saturated rings. The van der Waals surface area contributed by atoms with Crippen molar-refractivity contribution in [1.82, 2.24) is 19.7 Å². The van der Waals surface area contributed by atoms with E-state index in [2.05, 4.69) is 21.5 Å². The number of pyridine rings is 1. The van der Waals surface area contributed by atoms with Crippen LogP contribution in [-0.2, 0) is 18.3 Å². The van der Waals surface area contributed by atoms with Crippen LogP contribution >= 0.6 is 0 Å². The summed E-state index contributed by atoms with van der Waals surface area (Å²) in [5.41, 5.74) is 1.81. The molecule has 2 aromatic rings. The van der Waals surface area contributed by atoms with Gasteiger partial charge < -0.3 is 10.1 Å². The maximum absolute atomic E-state index is 12.8. The van der Waals surface area contributed by atoms with E-state index in [0.29, 0.717) is 12.0 Å². The molecule has 28 heavy (non-hydrogen) atoms. The lowest BCUT2D eigenvalue weighted by Gasteiger charge is -2.26. The second-order valence-electron chi connectivity index (χ2n) is 7.71. The number of amides is 2. The molecule has 0 bridgehead atoms. The number of ether oxygens (including phenoxy) is 1. The van der Waals surface area contributed by atoms with Crippen molar-refractivity contribution in [3.05, 3.63) is 47.5 Å². The molecule has 0 radical (unpaired) electrons. The monoisotopic (exact) mass is 388 g/mol. The Kier molecular flexibility index (Phi) is 7.28. The van der Waals surface area contributed by atoms with E-state index in [1.807, 2.05) is 18.7 Å². The summed E-state index contributed by atoms with van der Waals surface area (Å²) in [5.74, 6) is -0.399. The number of rotatable bonds is 7. The first-order valence-electron chi connectivity index (χ1n) is 9.43. The van der Waals surface area contributed by atoms with Crippen LogP contribution < -0.4 is 5.32 Å². The lowest BCUT2D eigenvalue weighted by Crippen LogP contribution is -2.83. The lowest BCUT2D eigenvalue weighted by atomic mass is 10.2. The molecule has 0 aromatic carbocycles. The minimum atomic E-state index is -0.673. The molecule has 8 nitrogen and oxygen atoms in total. The number of quaternary nitrogens is 1. The van der Waals surface area contributed by atoms with E-state index in [0.717, 1.165) is 29.4 Å². The average molecular weight is 388 g/mol. The van der Waals surface area contributed by atoms with Crippen LogP contribution in [0.3, 0.4) is 0 Å². The van der Waals surface area contributed by atoms with E-state index in [1.54, 1.807) is 39.1 Å². The van der Waals surface area contributed by atoms with Crippen molar-refractivity contribution in [1.29, 1.82) is 0 Å². The Bertz CT molecular complexity index is 796. The molecule has 152 valence electrons. The summed E-state index contributed by atoms with van der Waals surface area (Å²) in [6, 6.07) is 5.36. The largest absolute Gasteiger partial charge is 0.443 e. The zero-order valence-corrected chi connectivity index (χ0v) is 17.3. The van der Waals surface area contributed by atoms with Crippen LogP contribution in [-0.4, -0.2) is 50.4 Å². The summed E-state index contributed by atoms with van der Waals surface area (Å²) in [6.07, 6.45) is 3.06. The smallest absolute Gasteiger partial charge is 0.417 e. The lowest BCUT2D eigenvalue weighted by molar-refractivity contribution is -0.671. The van der Waals surface area contributed by atoms with Crippen LogP contribution in [0.15, 0.2) is 30.6 Å². The number of imide groups is 1. The van der Waals surface area contributed by atoms with Crippen molar-refractivity contribution in [2.75, 3.05) is 13.1 Å². The number of nitrogens with zero attached hydrogens (tertiary/aromatic N) is 4. The van der Waals surface area contributed by atoms with Gasteiger partial charge in [-0.05, 0) is 45.9 Å². The maximum atomic E-state index is 12.8. The minimum absolute atomic E-state index is 0.281. The van der Waals surface area contributed by atoms with Gasteiger partial charge in [-0.25, -0.2) is 9.69 Å². The average Bonchev–Trinajstić information content (AvgIpc) is 2.94. The number of hydrogen-bond acceptors (Lipinski definition) is 5. The first-order chi connectivity index (χ1) is 13.2. The zero-order chi connectivity index (χ0) is 20.7. The summed E-state index contributed by atoms with van der Waals surface area (Å²) in [5, 5.41) is 6.47. The van der Waals surface area contributed by atoms with Gasteiger partial charge in [-0.2, -0.15) is 5.10 Å². The second kappa shape index (κ2) is 9.45. The molecular weight excluding hydrogens is 358 g/mol. The first kappa shape index (κ1) is 21.6. The van der Waals surface area contributed by atoms with Crippen LogP contribution in [0, 0.1) is 6.92 Å². The Balaban J connectivity index is 1.94. The Morgan fingerprint density at radius 2 is 2.07 bits per heavy atom. The van der Waals surface area contributed by atoms with Crippen molar-refractivity contribution in [3.8, 4) is 0 Å². The van der Waals surface area contributed by atoms with Crippen LogP contribution in [0.25, 0.3) is 0 Å². The molecule has 2 rings (SSSR count). The quantitative estimate of drug-likeness (QED) is 0.728. The third-order valence-electron chi connectivity index (χ3n) is 4.01. The molecule has 2 aromatic heterocycles. The predicted octanol–water partition coefficient (Wildman–Crippen LogP) is 1.65. The van der Waals surface area contributed by atoms with Crippen LogP contribution in [0.5, 0.6) is 0 Å². The Morgan fingerprint density at radius 3 is 2.64 bits per heavy atom. The molecule has 0 aliphatic heterocycles. The Labute approximate surface area is 165 Å². The molecule has 2 amide bonds. The number of carbonyl (C=O) groups excluding carboxylic acids is 2. The van der Waals surface area contributed by atoms with Gasteiger partial charge in [0.25, 0.3) is 5.91 Å². The highest BCUT2D eigenvalue weighted by Crippen LogP contribution is 2.13. The molecule has 0 saturated heterocycles. The summed E-state index contributed by atoms with van der Waals surface area (Å²) in [4.78, 5) is 30.4. The standard InChI is InChI=1S/C20H29N5O3/c1-15-12-17(24(5)23-15)14-22-10-7-11-25(19(27)28-20(2,3)4)18(26)16-8-6-9-21-13-16/h6,8-9,12-13,22H,7,10-11,14H2,1-5H3/p+1. The molecule has 0 aliphatic rings. The van der Waals surface area contributed by atoms with Crippen molar-refractivity contribution < 1.29 is 19.6 Å². The van der Waals surface area contributed by atoms with Gasteiger partial charge in [-0.3, -0.25) is 14.5 Å². The molecule has 0 saturated carbocycles. The number of hydrogen-bond donors (Lipinski definition) is 1. The summed E-state index contributed by atoms with van der Waals surface area (Å²) in [7, 11) is 1.92. The molecule has 0 aliphatic carbocycles. The van der Waals surface area contributed by atoms with Crippen molar-refractivity contribution in [3.63, 3.8) is 0 Å². The second-order valence-corrected chi connectivity index (χ2v) is 7.71. The zero-order valence-electron chi connectivity index (χ0n) is 17.3. The van der Waals surface area contributed by atoms with Crippen molar-refractivity contribution >= 4 is 12.0 Å². The van der Waals surface area contributed by atoms with Crippen LogP contribution in [0.2, 0.25) is 0 Å². The van der Waals surface area contributed by atoms with Gasteiger partial charge in [-0.15, -0.1) is 0 Å². The fourth-order valence-electron chi connectivity index (χ4n) is 2.74. The highest BCUT2D eigenvalue weighted by Gasteiger charge is 2.28. The Hall–Kier alpha value is -2.74. The predicted molar refractivity (Wildman–Crippen MR) is 105 cm³/mol. The van der Waals surface area contributed by atoms with Crippen LogP contribution in [0.1, 0.15) is 48.9 Å². The Morgan fingerprint density at radius 1 is 1.32 bits per heavy atom. The minimum Gasteiger partial charge on any atom is -0.443 e. The fraction of sp³-hybridized carbons (Fsp3) is 0.500. The van der Waals surface area contributed by atoms with E-state index in [4.69, 9.17) is 4.74 Å². The first-order valence-corrected chi connectivity index (χ1v) is 9.43. The molecule has 0 spiro atoms. The highest BCUT2D eigenvalue weighted by molar-refractivity contribution is 6.02. The summed E-state index contributed by atoms with van der Waals surface area (Å²) in [6.45, 7) is 9.14. The maximum Gasteiger partial charge on any atom is 0.417 e. The van der Waals surface area contributed by atoms with Gasteiger partial charge in [-0.1, -0.05) is 0 Å². The number of nitrogens with two attached hydrogens (primary N) is 1. The van der Waals surface area contributed by atoms with E-state index >= 15 is 0 Å². The van der Waals surface area contributed by atoms with Gasteiger partial charge >= 0.3 is 6.09 Å². The molecule has 8 heteroatoms. The van der Waals surface area contributed by atoms with E-state index < -0.39 is 17.6 Å². The normalized spacial score (nSPS) is 11.3. The molecule has 2 N–H and O–H groups in total. The SMILES string of the molecule is Cc1cc(C[NH2+]CCCN(C(=O)OC(C)(C)C)C(=O)c2cccnc2)n(C)n1. The summed E-state index contributed by atoms with van der Waals surface area (Å²) < 4.78 is 7.28. The van der Waals surface area contributed by atoms with Gasteiger partial charge in [0.15, 0.2) is 0 Å². The van der Waals surface area contributed by atoms with Gasteiger partial charge in [0, 0.05) is 32.4 Å². The number of aromatic nitrogens is 3. The fourth-order valence-corrected chi connectivity index (χ4v) is 2.74. The molecule has 2 heterocycles. The molecule has 0 atom stereocenters. The van der Waals surface area contributed by atoms with E-state index in [1.165, 1.54) is 6.20 Å². The van der Waals surface area contributed by atoms with Gasteiger partial charge in [0.1, 0.15) is 12.1 Å². The van der Waals surface area contributed by atoms with Crippen molar-refractivity contribution in [2.24, 2.45) is 7.05 Å². The number of carbonyl (C=O) groups is 2.